The van der Waals surface area contributed by atoms with Gasteiger partial charge in [0.2, 0.25) is 0 Å². The molecular weight excluding hydrogens is 459 g/mol. The molecule has 1 saturated heterocycles. The van der Waals surface area contributed by atoms with Crippen molar-refractivity contribution in [3.05, 3.63) is 29.8 Å². The van der Waals surface area contributed by atoms with Crippen molar-refractivity contribution in [3.8, 4) is 5.75 Å². The molecule has 1 aliphatic heterocycles. The molecule has 0 radical (unpaired) electrons. The van der Waals surface area contributed by atoms with Gasteiger partial charge in [0.1, 0.15) is 11.4 Å². The van der Waals surface area contributed by atoms with Crippen LogP contribution in [0.15, 0.2) is 29.3 Å². The molecule has 0 aromatic heterocycles. The van der Waals surface area contributed by atoms with Gasteiger partial charge in [-0.15, -0.1) is 24.0 Å². The van der Waals surface area contributed by atoms with Crippen LogP contribution in [-0.4, -0.2) is 65.3 Å². The summed E-state index contributed by atoms with van der Waals surface area (Å²) in [6, 6.07) is 7.21. The van der Waals surface area contributed by atoms with Crippen molar-refractivity contribution in [2.24, 2.45) is 10.7 Å². The fourth-order valence-electron chi connectivity index (χ4n) is 2.68. The predicted molar refractivity (Wildman–Crippen MR) is 118 cm³/mol. The SMILES string of the molecule is CC(C)(C)OC(=O)N1CCN(C(N)=NCCCc2ccc(O)cc2)CC1.I. The number of amides is 1. The molecule has 0 bridgehead atoms. The third kappa shape index (κ3) is 8.23. The number of nitrogens with two attached hydrogens (primary N) is 1. The Kier molecular flexibility index (Phi) is 9.14. The van der Waals surface area contributed by atoms with E-state index in [1.165, 1.54) is 5.56 Å². The zero-order valence-electron chi connectivity index (χ0n) is 16.4. The van der Waals surface area contributed by atoms with E-state index in [0.29, 0.717) is 38.7 Å². The number of rotatable bonds is 4. The number of phenolic OH excluding ortho intramolecular Hbond substituents is 1. The van der Waals surface area contributed by atoms with E-state index in [-0.39, 0.29) is 35.8 Å². The number of nitrogens with zero attached hydrogens (tertiary/aromatic N) is 3. The Balaban J connectivity index is 0.00000364. The number of ether oxygens (including phenoxy) is 1. The van der Waals surface area contributed by atoms with E-state index in [9.17, 15) is 9.90 Å². The van der Waals surface area contributed by atoms with Crippen molar-refractivity contribution in [1.82, 2.24) is 9.80 Å². The van der Waals surface area contributed by atoms with E-state index in [0.717, 1.165) is 12.8 Å². The Hall–Kier alpha value is -1.71. The lowest BCUT2D eigenvalue weighted by atomic mass is 10.1. The van der Waals surface area contributed by atoms with Gasteiger partial charge < -0.3 is 25.4 Å². The van der Waals surface area contributed by atoms with Gasteiger partial charge in [0.25, 0.3) is 0 Å². The smallest absolute Gasteiger partial charge is 0.410 e. The normalized spacial score (nSPS) is 15.3. The number of halogens is 1. The van der Waals surface area contributed by atoms with Crippen LogP contribution >= 0.6 is 24.0 Å². The van der Waals surface area contributed by atoms with E-state index >= 15 is 0 Å². The van der Waals surface area contributed by atoms with Crippen molar-refractivity contribution in [1.29, 1.82) is 0 Å². The molecule has 0 atom stereocenters. The van der Waals surface area contributed by atoms with Crippen LogP contribution in [0.4, 0.5) is 4.79 Å². The van der Waals surface area contributed by atoms with E-state index in [4.69, 9.17) is 10.5 Å². The van der Waals surface area contributed by atoms with Crippen LogP contribution in [0.25, 0.3) is 0 Å². The number of hydrogen-bond donors (Lipinski definition) is 2. The van der Waals surface area contributed by atoms with Gasteiger partial charge in [0.15, 0.2) is 5.96 Å². The molecule has 1 aliphatic rings. The van der Waals surface area contributed by atoms with Crippen molar-refractivity contribution >= 4 is 36.0 Å². The van der Waals surface area contributed by atoms with E-state index in [2.05, 4.69) is 4.99 Å². The molecule has 2 rings (SSSR count). The van der Waals surface area contributed by atoms with Crippen LogP contribution in [0.2, 0.25) is 0 Å². The zero-order chi connectivity index (χ0) is 19.2. The molecule has 1 aromatic rings. The summed E-state index contributed by atoms with van der Waals surface area (Å²) in [7, 11) is 0. The maximum absolute atomic E-state index is 12.1. The summed E-state index contributed by atoms with van der Waals surface area (Å²) in [5, 5.41) is 9.28. The number of phenols is 1. The lowest BCUT2D eigenvalue weighted by molar-refractivity contribution is 0.0186. The van der Waals surface area contributed by atoms with Gasteiger partial charge in [-0.1, -0.05) is 12.1 Å². The highest BCUT2D eigenvalue weighted by Gasteiger charge is 2.26. The Labute approximate surface area is 178 Å². The monoisotopic (exact) mass is 490 g/mol. The lowest BCUT2D eigenvalue weighted by Gasteiger charge is -2.36. The molecule has 1 aromatic carbocycles. The highest BCUT2D eigenvalue weighted by molar-refractivity contribution is 14.0. The molecule has 3 N–H and O–H groups in total. The molecule has 1 fully saturated rings. The second kappa shape index (κ2) is 10.6. The van der Waals surface area contributed by atoms with Gasteiger partial charge in [-0.2, -0.15) is 0 Å². The van der Waals surface area contributed by atoms with Crippen LogP contribution in [0.3, 0.4) is 0 Å². The molecular formula is C19H31IN4O3. The zero-order valence-corrected chi connectivity index (χ0v) is 18.7. The molecule has 0 saturated carbocycles. The Bertz CT molecular complexity index is 621. The minimum absolute atomic E-state index is 0. The van der Waals surface area contributed by atoms with Crippen LogP contribution in [0, 0.1) is 0 Å². The number of piperazine rings is 1. The summed E-state index contributed by atoms with van der Waals surface area (Å²) < 4.78 is 5.39. The van der Waals surface area contributed by atoms with Gasteiger partial charge in [-0.05, 0) is 51.3 Å². The average Bonchev–Trinajstić information content (AvgIpc) is 2.59. The van der Waals surface area contributed by atoms with Crippen molar-refractivity contribution in [2.75, 3.05) is 32.7 Å². The number of carbonyl (C=O) groups is 1. The quantitative estimate of drug-likeness (QED) is 0.293. The van der Waals surface area contributed by atoms with E-state index < -0.39 is 5.60 Å². The first-order chi connectivity index (χ1) is 12.2. The second-order valence-corrected chi connectivity index (χ2v) is 7.46. The summed E-state index contributed by atoms with van der Waals surface area (Å²) in [6.07, 6.45) is 1.51. The maximum Gasteiger partial charge on any atom is 0.410 e. The number of aromatic hydroxyl groups is 1. The summed E-state index contributed by atoms with van der Waals surface area (Å²) >= 11 is 0. The number of benzene rings is 1. The van der Waals surface area contributed by atoms with Gasteiger partial charge in [-0.25, -0.2) is 4.79 Å². The van der Waals surface area contributed by atoms with Gasteiger partial charge in [-0.3, -0.25) is 4.99 Å². The summed E-state index contributed by atoms with van der Waals surface area (Å²) in [5.41, 5.74) is 6.77. The third-order valence-electron chi connectivity index (χ3n) is 4.09. The molecule has 0 unspecified atom stereocenters. The minimum Gasteiger partial charge on any atom is -0.508 e. The molecule has 152 valence electrons. The number of aliphatic imine (C=N–C) groups is 1. The van der Waals surface area contributed by atoms with Crippen LogP contribution in [0.1, 0.15) is 32.8 Å². The molecule has 7 nitrogen and oxygen atoms in total. The number of guanidine groups is 1. The van der Waals surface area contributed by atoms with Gasteiger partial charge >= 0.3 is 6.09 Å². The summed E-state index contributed by atoms with van der Waals surface area (Å²) in [6.45, 7) is 8.73. The summed E-state index contributed by atoms with van der Waals surface area (Å²) in [5.74, 6) is 0.807. The summed E-state index contributed by atoms with van der Waals surface area (Å²) in [4.78, 5) is 20.2. The van der Waals surface area contributed by atoms with Crippen LogP contribution < -0.4 is 5.73 Å². The molecule has 1 heterocycles. The molecule has 8 heteroatoms. The fraction of sp³-hybridized carbons (Fsp3) is 0.579. The first-order valence-corrected chi connectivity index (χ1v) is 9.05. The van der Waals surface area contributed by atoms with Gasteiger partial charge in [0.05, 0.1) is 0 Å². The number of aryl methyl sites for hydroxylation is 1. The number of carbonyl (C=O) groups excluding carboxylic acids is 1. The van der Waals surface area contributed by atoms with Gasteiger partial charge in [0, 0.05) is 32.7 Å². The Morgan fingerprint density at radius 1 is 1.15 bits per heavy atom. The highest BCUT2D eigenvalue weighted by Crippen LogP contribution is 2.12. The van der Waals surface area contributed by atoms with E-state index in [1.54, 1.807) is 17.0 Å². The van der Waals surface area contributed by atoms with Crippen LogP contribution in [-0.2, 0) is 11.2 Å². The maximum atomic E-state index is 12.1. The third-order valence-corrected chi connectivity index (χ3v) is 4.09. The molecule has 0 aliphatic carbocycles. The van der Waals surface area contributed by atoms with Crippen molar-refractivity contribution < 1.29 is 14.6 Å². The first-order valence-electron chi connectivity index (χ1n) is 9.05. The lowest BCUT2D eigenvalue weighted by Crippen LogP contribution is -2.53. The largest absolute Gasteiger partial charge is 0.508 e. The minimum atomic E-state index is -0.480. The van der Waals surface area contributed by atoms with Crippen molar-refractivity contribution in [3.63, 3.8) is 0 Å². The molecule has 1 amide bonds. The number of hydrogen-bond acceptors (Lipinski definition) is 4. The van der Waals surface area contributed by atoms with Crippen LogP contribution in [0.5, 0.6) is 5.75 Å². The standard InChI is InChI=1S/C19H30N4O3.HI/c1-19(2,3)26-18(25)23-13-11-22(12-14-23)17(20)21-10-4-5-15-6-8-16(24)9-7-15;/h6-9,24H,4-5,10-14H2,1-3H3,(H2,20,21);1H. The fourth-order valence-corrected chi connectivity index (χ4v) is 2.68. The Morgan fingerprint density at radius 3 is 2.26 bits per heavy atom. The Morgan fingerprint density at radius 2 is 1.70 bits per heavy atom. The molecule has 27 heavy (non-hydrogen) atoms. The highest BCUT2D eigenvalue weighted by atomic mass is 127. The molecule has 0 spiro atoms. The van der Waals surface area contributed by atoms with Crippen molar-refractivity contribution in [2.45, 2.75) is 39.2 Å². The average molecular weight is 490 g/mol. The first kappa shape index (κ1) is 23.3. The van der Waals surface area contributed by atoms with E-state index in [1.807, 2.05) is 37.8 Å². The predicted octanol–water partition coefficient (Wildman–Crippen LogP) is 2.81. The topological polar surface area (TPSA) is 91.4 Å². The second-order valence-electron chi connectivity index (χ2n) is 7.46.